The molecule has 0 unspecified atom stereocenters. The normalized spacial score (nSPS) is 13.1. The second-order valence-corrected chi connectivity index (χ2v) is 6.90. The van der Waals surface area contributed by atoms with Crippen molar-refractivity contribution >= 4 is 29.1 Å². The minimum atomic E-state index is -0.155. The van der Waals surface area contributed by atoms with E-state index in [1.807, 2.05) is 6.92 Å². The molecule has 0 bridgehead atoms. The number of methoxy groups -OCH3 is 2. The Hall–Kier alpha value is -2.47. The van der Waals surface area contributed by atoms with Gasteiger partial charge in [0.2, 0.25) is 0 Å². The third-order valence-electron chi connectivity index (χ3n) is 4.36. The van der Waals surface area contributed by atoms with Gasteiger partial charge >= 0.3 is 0 Å². The molecule has 3 rings (SSSR count). The Labute approximate surface area is 157 Å². The summed E-state index contributed by atoms with van der Waals surface area (Å²) >= 11 is 1.56. The fraction of sp³-hybridized carbons (Fsp3) is 0.300. The molecule has 26 heavy (non-hydrogen) atoms. The first kappa shape index (κ1) is 18.3. The molecule has 0 saturated carbocycles. The second-order valence-electron chi connectivity index (χ2n) is 5.79. The maximum atomic E-state index is 13.3. The van der Waals surface area contributed by atoms with E-state index in [1.165, 1.54) is 0 Å². The van der Waals surface area contributed by atoms with Crippen molar-refractivity contribution in [2.75, 3.05) is 31.4 Å². The standard InChI is InChI=1S/C20H21NO4S/c1-4-21(16-12-13(24-2)8-9-18(16)25-3)20(23)15-7-5-6-14-17(22)10-11-26-19(14)15/h5-9,12H,4,10-11H2,1-3H3. The molecule has 1 amide bonds. The summed E-state index contributed by atoms with van der Waals surface area (Å²) in [6, 6.07) is 10.7. The number of benzene rings is 2. The van der Waals surface area contributed by atoms with Crippen molar-refractivity contribution in [2.24, 2.45) is 0 Å². The lowest BCUT2D eigenvalue weighted by Gasteiger charge is -2.26. The van der Waals surface area contributed by atoms with Crippen molar-refractivity contribution in [3.8, 4) is 11.5 Å². The topological polar surface area (TPSA) is 55.8 Å². The van der Waals surface area contributed by atoms with Crippen molar-refractivity contribution in [1.82, 2.24) is 0 Å². The van der Waals surface area contributed by atoms with Crippen LogP contribution in [0.25, 0.3) is 0 Å². The van der Waals surface area contributed by atoms with Crippen molar-refractivity contribution in [3.05, 3.63) is 47.5 Å². The Balaban J connectivity index is 2.07. The minimum absolute atomic E-state index is 0.0930. The highest BCUT2D eigenvalue weighted by molar-refractivity contribution is 7.99. The van der Waals surface area contributed by atoms with Crippen LogP contribution >= 0.6 is 11.8 Å². The Kier molecular flexibility index (Phi) is 5.52. The number of hydrogen-bond acceptors (Lipinski definition) is 5. The fourth-order valence-electron chi connectivity index (χ4n) is 3.04. The van der Waals surface area contributed by atoms with Gasteiger partial charge in [0.15, 0.2) is 5.78 Å². The van der Waals surface area contributed by atoms with Crippen molar-refractivity contribution in [2.45, 2.75) is 18.2 Å². The molecule has 2 aromatic carbocycles. The van der Waals surface area contributed by atoms with Gasteiger partial charge in [0.05, 0.1) is 25.5 Å². The zero-order chi connectivity index (χ0) is 18.7. The molecular formula is C20H21NO4S. The molecule has 1 heterocycles. The summed E-state index contributed by atoms with van der Waals surface area (Å²) in [5.74, 6) is 1.87. The van der Waals surface area contributed by atoms with Gasteiger partial charge in [-0.05, 0) is 25.1 Å². The van der Waals surface area contributed by atoms with E-state index in [0.29, 0.717) is 47.0 Å². The first-order valence-electron chi connectivity index (χ1n) is 8.43. The van der Waals surface area contributed by atoms with E-state index in [2.05, 4.69) is 0 Å². The van der Waals surface area contributed by atoms with Crippen LogP contribution < -0.4 is 14.4 Å². The van der Waals surface area contributed by atoms with Crippen LogP contribution in [0.4, 0.5) is 5.69 Å². The number of rotatable bonds is 5. The van der Waals surface area contributed by atoms with Crippen LogP contribution in [0.15, 0.2) is 41.3 Å². The molecule has 0 aliphatic carbocycles. The predicted molar refractivity (Wildman–Crippen MR) is 103 cm³/mol. The molecule has 0 N–H and O–H groups in total. The number of thioether (sulfide) groups is 1. The van der Waals surface area contributed by atoms with E-state index < -0.39 is 0 Å². The quantitative estimate of drug-likeness (QED) is 0.794. The first-order valence-corrected chi connectivity index (χ1v) is 9.42. The third-order valence-corrected chi connectivity index (χ3v) is 5.50. The molecule has 2 aromatic rings. The highest BCUT2D eigenvalue weighted by Crippen LogP contribution is 2.37. The van der Waals surface area contributed by atoms with Crippen molar-refractivity contribution < 1.29 is 19.1 Å². The number of carbonyl (C=O) groups is 2. The van der Waals surface area contributed by atoms with Gasteiger partial charge in [0.25, 0.3) is 5.91 Å². The number of nitrogens with zero attached hydrogens (tertiary/aromatic N) is 1. The van der Waals surface area contributed by atoms with Gasteiger partial charge in [-0.3, -0.25) is 9.59 Å². The van der Waals surface area contributed by atoms with Gasteiger partial charge < -0.3 is 14.4 Å². The molecule has 0 spiro atoms. The average molecular weight is 371 g/mol. The van der Waals surface area contributed by atoms with Crippen LogP contribution in [-0.4, -0.2) is 38.2 Å². The van der Waals surface area contributed by atoms with Gasteiger partial charge in [-0.15, -0.1) is 11.8 Å². The highest BCUT2D eigenvalue weighted by atomic mass is 32.2. The number of hydrogen-bond donors (Lipinski definition) is 0. The van der Waals surface area contributed by atoms with Crippen LogP contribution in [0.2, 0.25) is 0 Å². The van der Waals surface area contributed by atoms with Gasteiger partial charge in [-0.1, -0.05) is 12.1 Å². The molecule has 136 valence electrons. The van der Waals surface area contributed by atoms with E-state index in [1.54, 1.807) is 67.3 Å². The van der Waals surface area contributed by atoms with Crippen LogP contribution in [0.1, 0.15) is 34.1 Å². The lowest BCUT2D eigenvalue weighted by atomic mass is 10.0. The van der Waals surface area contributed by atoms with E-state index in [0.717, 1.165) is 4.90 Å². The van der Waals surface area contributed by atoms with Gasteiger partial charge in [-0.25, -0.2) is 0 Å². The van der Waals surface area contributed by atoms with Crippen molar-refractivity contribution in [1.29, 1.82) is 0 Å². The van der Waals surface area contributed by atoms with Crippen LogP contribution in [0, 0.1) is 0 Å². The van der Waals surface area contributed by atoms with Crippen LogP contribution in [0.5, 0.6) is 11.5 Å². The molecule has 0 radical (unpaired) electrons. The molecular weight excluding hydrogens is 350 g/mol. The third kappa shape index (κ3) is 3.29. The number of fused-ring (bicyclic) bond motifs is 1. The van der Waals surface area contributed by atoms with E-state index in [4.69, 9.17) is 9.47 Å². The molecule has 0 atom stereocenters. The molecule has 5 nitrogen and oxygen atoms in total. The van der Waals surface area contributed by atoms with E-state index in [9.17, 15) is 9.59 Å². The van der Waals surface area contributed by atoms with E-state index >= 15 is 0 Å². The zero-order valence-electron chi connectivity index (χ0n) is 15.1. The Morgan fingerprint density at radius 2 is 2.00 bits per heavy atom. The summed E-state index contributed by atoms with van der Waals surface area (Å²) in [7, 11) is 3.15. The molecule has 0 aromatic heterocycles. The maximum absolute atomic E-state index is 13.3. The lowest BCUT2D eigenvalue weighted by Crippen LogP contribution is -2.32. The number of carbonyl (C=O) groups excluding carboxylic acids is 2. The monoisotopic (exact) mass is 371 g/mol. The Morgan fingerprint density at radius 3 is 2.69 bits per heavy atom. The Morgan fingerprint density at radius 1 is 1.19 bits per heavy atom. The van der Waals surface area contributed by atoms with Gasteiger partial charge in [-0.2, -0.15) is 0 Å². The van der Waals surface area contributed by atoms with E-state index in [-0.39, 0.29) is 11.7 Å². The lowest BCUT2D eigenvalue weighted by molar-refractivity contribution is 0.0981. The minimum Gasteiger partial charge on any atom is -0.497 e. The van der Waals surface area contributed by atoms with Crippen LogP contribution in [-0.2, 0) is 0 Å². The summed E-state index contributed by atoms with van der Waals surface area (Å²) in [6.07, 6.45) is 0.510. The number of Topliss-reactive ketones (excluding diaryl/α,β-unsaturated/α-hetero) is 1. The number of ketones is 1. The average Bonchev–Trinajstić information content (AvgIpc) is 2.68. The summed E-state index contributed by atoms with van der Waals surface area (Å²) in [5.41, 5.74) is 1.83. The summed E-state index contributed by atoms with van der Waals surface area (Å²) in [5, 5.41) is 0. The SMILES string of the molecule is CCN(C(=O)c1cccc2c1SCCC2=O)c1cc(OC)ccc1OC. The highest BCUT2D eigenvalue weighted by Gasteiger charge is 2.27. The second kappa shape index (κ2) is 7.83. The summed E-state index contributed by atoms with van der Waals surface area (Å²) in [6.45, 7) is 2.37. The summed E-state index contributed by atoms with van der Waals surface area (Å²) < 4.78 is 10.7. The van der Waals surface area contributed by atoms with Gasteiger partial charge in [0.1, 0.15) is 11.5 Å². The first-order chi connectivity index (χ1) is 12.6. The zero-order valence-corrected chi connectivity index (χ0v) is 15.9. The molecule has 0 fully saturated rings. The smallest absolute Gasteiger partial charge is 0.259 e. The van der Waals surface area contributed by atoms with Gasteiger partial charge in [0, 0.05) is 35.2 Å². The number of amides is 1. The largest absolute Gasteiger partial charge is 0.497 e. The van der Waals surface area contributed by atoms with Crippen molar-refractivity contribution in [3.63, 3.8) is 0 Å². The number of ether oxygens (including phenoxy) is 2. The summed E-state index contributed by atoms with van der Waals surface area (Å²) in [4.78, 5) is 27.9. The molecule has 0 saturated heterocycles. The predicted octanol–water partition coefficient (Wildman–Crippen LogP) is 4.05. The van der Waals surface area contributed by atoms with Crippen LogP contribution in [0.3, 0.4) is 0 Å². The fourth-order valence-corrected chi connectivity index (χ4v) is 4.18. The number of anilines is 1. The molecule has 1 aliphatic rings. The maximum Gasteiger partial charge on any atom is 0.259 e. The molecule has 6 heteroatoms. The Bertz CT molecular complexity index is 850. The molecule has 1 aliphatic heterocycles.